The van der Waals surface area contributed by atoms with Gasteiger partial charge in [0.25, 0.3) is 0 Å². The predicted molar refractivity (Wildman–Crippen MR) is 59.4 cm³/mol. The molecule has 1 atom stereocenters. The summed E-state index contributed by atoms with van der Waals surface area (Å²) in [4.78, 5) is 26.6. The highest BCUT2D eigenvalue weighted by Gasteiger charge is 2.19. The summed E-state index contributed by atoms with van der Waals surface area (Å²) < 4.78 is 4.96. The molecule has 0 amide bonds. The number of ketones is 1. The molecule has 1 aromatic rings. The van der Waals surface area contributed by atoms with Gasteiger partial charge < -0.3 is 4.74 Å². The molecule has 0 N–H and O–H groups in total. The van der Waals surface area contributed by atoms with Crippen molar-refractivity contribution >= 4 is 23.4 Å². The van der Waals surface area contributed by atoms with Crippen molar-refractivity contribution in [1.82, 2.24) is 4.98 Å². The van der Waals surface area contributed by atoms with E-state index in [0.717, 1.165) is 0 Å². The van der Waals surface area contributed by atoms with E-state index in [4.69, 9.17) is 16.3 Å². The van der Waals surface area contributed by atoms with Crippen LogP contribution < -0.4 is 0 Å². The minimum atomic E-state index is -0.756. The highest BCUT2D eigenvalue weighted by Crippen LogP contribution is 2.14. The molecule has 1 aromatic heterocycles. The molecule has 86 valence electrons. The fourth-order valence-electron chi connectivity index (χ4n) is 1.12. The fourth-order valence-corrected chi connectivity index (χ4v) is 1.31. The van der Waals surface area contributed by atoms with E-state index in [9.17, 15) is 9.59 Å². The molecule has 0 spiro atoms. The number of halogens is 1. The van der Waals surface area contributed by atoms with E-state index in [0.29, 0.717) is 6.42 Å². The maximum atomic E-state index is 11.6. The smallest absolute Gasteiger partial charge is 0.341 e. The van der Waals surface area contributed by atoms with Gasteiger partial charge in [0.2, 0.25) is 0 Å². The molecule has 16 heavy (non-hydrogen) atoms. The summed E-state index contributed by atoms with van der Waals surface area (Å²) in [6, 6.07) is 3.08. The predicted octanol–water partition coefficient (Wildman–Crippen LogP) is 2.26. The van der Waals surface area contributed by atoms with Crippen LogP contribution in [0, 0.1) is 0 Å². The number of ether oxygens (including phenoxy) is 1. The molecule has 0 aliphatic heterocycles. The Hall–Kier alpha value is -1.42. The molecule has 5 heteroatoms. The molecule has 0 aromatic carbocycles. The van der Waals surface area contributed by atoms with E-state index >= 15 is 0 Å². The van der Waals surface area contributed by atoms with Crippen LogP contribution in [0.15, 0.2) is 18.3 Å². The van der Waals surface area contributed by atoms with E-state index < -0.39 is 12.1 Å². The molecule has 0 radical (unpaired) electrons. The number of carbonyl (C=O) groups is 2. The van der Waals surface area contributed by atoms with Gasteiger partial charge in [0.15, 0.2) is 11.9 Å². The van der Waals surface area contributed by atoms with Crippen molar-refractivity contribution in [2.75, 3.05) is 0 Å². The summed E-state index contributed by atoms with van der Waals surface area (Å²) >= 11 is 5.72. The second-order valence-electron chi connectivity index (χ2n) is 3.21. The van der Waals surface area contributed by atoms with Crippen LogP contribution in [0.5, 0.6) is 0 Å². The first-order valence-corrected chi connectivity index (χ1v) is 5.28. The van der Waals surface area contributed by atoms with Crippen molar-refractivity contribution in [2.24, 2.45) is 0 Å². The number of esters is 1. The van der Waals surface area contributed by atoms with Crippen LogP contribution in [0.25, 0.3) is 0 Å². The van der Waals surface area contributed by atoms with Gasteiger partial charge in [0, 0.05) is 12.6 Å². The van der Waals surface area contributed by atoms with E-state index in [1.54, 1.807) is 13.0 Å². The summed E-state index contributed by atoms with van der Waals surface area (Å²) in [6.45, 7) is 3.25. The van der Waals surface area contributed by atoms with Gasteiger partial charge in [-0.3, -0.25) is 4.79 Å². The number of hydrogen-bond donors (Lipinski definition) is 0. The van der Waals surface area contributed by atoms with Crippen molar-refractivity contribution in [3.05, 3.63) is 29.0 Å². The molecule has 0 aliphatic rings. The Morgan fingerprint density at radius 2 is 2.25 bits per heavy atom. The summed E-state index contributed by atoms with van der Waals surface area (Å²) in [5, 5.41) is 0.0728. The summed E-state index contributed by atoms with van der Waals surface area (Å²) in [5.74, 6) is -0.763. The maximum absolute atomic E-state index is 11.6. The minimum absolute atomic E-state index is 0.0728. The van der Waals surface area contributed by atoms with E-state index in [1.807, 2.05) is 0 Å². The van der Waals surface area contributed by atoms with Crippen molar-refractivity contribution in [1.29, 1.82) is 0 Å². The van der Waals surface area contributed by atoms with Crippen LogP contribution in [-0.2, 0) is 9.53 Å². The Kier molecular flexibility index (Phi) is 4.43. The Morgan fingerprint density at radius 1 is 1.56 bits per heavy atom. The molecule has 0 aliphatic carbocycles. The summed E-state index contributed by atoms with van der Waals surface area (Å²) in [5.41, 5.74) is 0.167. The molecular formula is C11H12ClNO3. The average molecular weight is 242 g/mol. The molecule has 0 unspecified atom stereocenters. The zero-order valence-corrected chi connectivity index (χ0v) is 9.82. The van der Waals surface area contributed by atoms with Crippen LogP contribution in [-0.4, -0.2) is 22.8 Å². The van der Waals surface area contributed by atoms with Crippen LogP contribution in [0.3, 0.4) is 0 Å². The topological polar surface area (TPSA) is 56.3 Å². The lowest BCUT2D eigenvalue weighted by Gasteiger charge is -2.11. The fraction of sp³-hybridized carbons (Fsp3) is 0.364. The SMILES string of the molecule is CCC(=O)[C@H](C)OC(=O)c1cccnc1Cl. The second kappa shape index (κ2) is 5.61. The first-order chi connectivity index (χ1) is 7.56. The summed E-state index contributed by atoms with van der Waals surface area (Å²) in [7, 11) is 0. The third-order valence-electron chi connectivity index (χ3n) is 2.06. The number of rotatable bonds is 4. The molecule has 0 saturated heterocycles. The molecular weight excluding hydrogens is 230 g/mol. The summed E-state index contributed by atoms with van der Waals surface area (Å²) in [6.07, 6.45) is 1.04. The van der Waals surface area contributed by atoms with E-state index in [1.165, 1.54) is 19.2 Å². The van der Waals surface area contributed by atoms with Gasteiger partial charge in [-0.1, -0.05) is 18.5 Å². The number of hydrogen-bond acceptors (Lipinski definition) is 4. The second-order valence-corrected chi connectivity index (χ2v) is 3.57. The van der Waals surface area contributed by atoms with Crippen molar-refractivity contribution in [3.8, 4) is 0 Å². The molecule has 4 nitrogen and oxygen atoms in total. The zero-order chi connectivity index (χ0) is 12.1. The van der Waals surface area contributed by atoms with E-state index in [-0.39, 0.29) is 16.5 Å². The monoisotopic (exact) mass is 241 g/mol. The normalized spacial score (nSPS) is 11.9. The van der Waals surface area contributed by atoms with Crippen LogP contribution in [0.4, 0.5) is 0 Å². The van der Waals surface area contributed by atoms with E-state index in [2.05, 4.69) is 4.98 Å². The Morgan fingerprint density at radius 3 is 2.81 bits per heavy atom. The standard InChI is InChI=1S/C11H12ClNO3/c1-3-9(14)7(2)16-11(15)8-5-4-6-13-10(8)12/h4-7H,3H2,1-2H3/t7-/m0/s1. The lowest BCUT2D eigenvalue weighted by atomic mass is 10.2. The lowest BCUT2D eigenvalue weighted by Crippen LogP contribution is -2.23. The first-order valence-electron chi connectivity index (χ1n) is 4.90. The molecule has 0 bridgehead atoms. The van der Waals surface area contributed by atoms with Gasteiger partial charge in [-0.2, -0.15) is 0 Å². The molecule has 1 heterocycles. The Bertz CT molecular complexity index is 406. The Balaban J connectivity index is 2.73. The van der Waals surface area contributed by atoms with Gasteiger partial charge in [-0.25, -0.2) is 9.78 Å². The van der Waals surface area contributed by atoms with Crippen molar-refractivity contribution in [2.45, 2.75) is 26.4 Å². The van der Waals surface area contributed by atoms with Crippen LogP contribution >= 0.6 is 11.6 Å². The van der Waals surface area contributed by atoms with Gasteiger partial charge in [-0.15, -0.1) is 0 Å². The third kappa shape index (κ3) is 3.03. The lowest BCUT2D eigenvalue weighted by molar-refractivity contribution is -0.126. The van der Waals surface area contributed by atoms with Crippen LogP contribution in [0.2, 0.25) is 5.15 Å². The average Bonchev–Trinajstić information content (AvgIpc) is 2.28. The highest BCUT2D eigenvalue weighted by atomic mass is 35.5. The van der Waals surface area contributed by atoms with Gasteiger partial charge in [0.1, 0.15) is 5.15 Å². The number of Topliss-reactive ketones (excluding diaryl/α,β-unsaturated/α-hetero) is 1. The number of carbonyl (C=O) groups excluding carboxylic acids is 2. The zero-order valence-electron chi connectivity index (χ0n) is 9.07. The molecule has 1 rings (SSSR count). The largest absolute Gasteiger partial charge is 0.451 e. The Labute approximate surface area is 98.6 Å². The maximum Gasteiger partial charge on any atom is 0.341 e. The number of pyridine rings is 1. The van der Waals surface area contributed by atoms with Gasteiger partial charge in [-0.05, 0) is 19.1 Å². The molecule has 0 fully saturated rings. The third-order valence-corrected chi connectivity index (χ3v) is 2.37. The quantitative estimate of drug-likeness (QED) is 0.599. The first kappa shape index (κ1) is 12.6. The van der Waals surface area contributed by atoms with Gasteiger partial charge >= 0.3 is 5.97 Å². The minimum Gasteiger partial charge on any atom is -0.451 e. The van der Waals surface area contributed by atoms with Crippen molar-refractivity contribution < 1.29 is 14.3 Å². The van der Waals surface area contributed by atoms with Crippen molar-refractivity contribution in [3.63, 3.8) is 0 Å². The molecule has 0 saturated carbocycles. The highest BCUT2D eigenvalue weighted by molar-refractivity contribution is 6.32. The van der Waals surface area contributed by atoms with Gasteiger partial charge in [0.05, 0.1) is 5.56 Å². The number of nitrogens with zero attached hydrogens (tertiary/aromatic N) is 1. The van der Waals surface area contributed by atoms with Crippen LogP contribution in [0.1, 0.15) is 30.6 Å². The number of aromatic nitrogens is 1.